The van der Waals surface area contributed by atoms with E-state index >= 15 is 0 Å². The molecular formula is C8H10ClFIN. The van der Waals surface area contributed by atoms with Crippen LogP contribution in [0.25, 0.3) is 0 Å². The molecule has 2 N–H and O–H groups in total. The molecule has 0 atom stereocenters. The van der Waals surface area contributed by atoms with Gasteiger partial charge in [0, 0.05) is 3.57 Å². The maximum absolute atomic E-state index is 12.9. The summed E-state index contributed by atoms with van der Waals surface area (Å²) in [5.41, 5.74) is 6.02. The second-order valence-electron chi connectivity index (χ2n) is 2.27. The molecule has 68 valence electrons. The van der Waals surface area contributed by atoms with Gasteiger partial charge in [0.05, 0.1) is 0 Å². The summed E-state index contributed by atoms with van der Waals surface area (Å²) in [4.78, 5) is 0. The third-order valence-corrected chi connectivity index (χ3v) is 2.09. The Morgan fingerprint density at radius 1 is 1.42 bits per heavy atom. The van der Waals surface area contributed by atoms with E-state index in [2.05, 4.69) is 22.6 Å². The van der Waals surface area contributed by atoms with Crippen molar-refractivity contribution in [2.75, 3.05) is 6.54 Å². The molecule has 1 rings (SSSR count). The first-order valence-electron chi connectivity index (χ1n) is 3.38. The minimum absolute atomic E-state index is 0. The Labute approximate surface area is 91.1 Å². The Bertz CT molecular complexity index is 255. The number of nitrogens with two attached hydrogens (primary N) is 1. The monoisotopic (exact) mass is 301 g/mol. The Balaban J connectivity index is 0.00000121. The number of halogens is 3. The lowest BCUT2D eigenvalue weighted by Crippen LogP contribution is -2.04. The SMILES string of the molecule is Cl.NCCc1cc(I)ccc1F. The number of rotatable bonds is 2. The summed E-state index contributed by atoms with van der Waals surface area (Å²) in [5, 5.41) is 0. The van der Waals surface area contributed by atoms with Crippen LogP contribution in [0.3, 0.4) is 0 Å². The van der Waals surface area contributed by atoms with Crippen molar-refractivity contribution < 1.29 is 4.39 Å². The average molecular weight is 302 g/mol. The summed E-state index contributed by atoms with van der Waals surface area (Å²) in [5.74, 6) is -0.157. The highest BCUT2D eigenvalue weighted by atomic mass is 127. The normalized spacial score (nSPS) is 9.25. The van der Waals surface area contributed by atoms with Gasteiger partial charge in [0.2, 0.25) is 0 Å². The molecule has 0 saturated carbocycles. The number of hydrogen-bond acceptors (Lipinski definition) is 1. The lowest BCUT2D eigenvalue weighted by molar-refractivity contribution is 0.609. The second kappa shape index (κ2) is 5.72. The summed E-state index contributed by atoms with van der Waals surface area (Å²) in [7, 11) is 0. The van der Waals surface area contributed by atoms with Crippen LogP contribution in [0.5, 0.6) is 0 Å². The molecule has 0 unspecified atom stereocenters. The van der Waals surface area contributed by atoms with Crippen molar-refractivity contribution >= 4 is 35.0 Å². The van der Waals surface area contributed by atoms with E-state index < -0.39 is 0 Å². The van der Waals surface area contributed by atoms with E-state index in [9.17, 15) is 4.39 Å². The van der Waals surface area contributed by atoms with Crippen LogP contribution in [0.4, 0.5) is 4.39 Å². The van der Waals surface area contributed by atoms with E-state index in [4.69, 9.17) is 5.73 Å². The highest BCUT2D eigenvalue weighted by Gasteiger charge is 2.00. The molecule has 0 radical (unpaired) electrons. The zero-order valence-electron chi connectivity index (χ0n) is 6.39. The van der Waals surface area contributed by atoms with Crippen LogP contribution < -0.4 is 5.73 Å². The van der Waals surface area contributed by atoms with Crippen LogP contribution >= 0.6 is 35.0 Å². The van der Waals surface area contributed by atoms with Crippen LogP contribution in [0.1, 0.15) is 5.56 Å². The first kappa shape index (κ1) is 12.1. The molecule has 0 fully saturated rings. The molecule has 0 amide bonds. The van der Waals surface area contributed by atoms with Crippen molar-refractivity contribution in [2.45, 2.75) is 6.42 Å². The van der Waals surface area contributed by atoms with Gasteiger partial charge in [-0.1, -0.05) is 0 Å². The van der Waals surface area contributed by atoms with Gasteiger partial charge >= 0.3 is 0 Å². The molecule has 0 saturated heterocycles. The van der Waals surface area contributed by atoms with Gasteiger partial charge in [-0.05, 0) is 59.3 Å². The van der Waals surface area contributed by atoms with Crippen molar-refractivity contribution in [1.82, 2.24) is 0 Å². The zero-order chi connectivity index (χ0) is 8.27. The predicted molar refractivity (Wildman–Crippen MR) is 59.1 cm³/mol. The standard InChI is InChI=1S/C8H9FIN.ClH/c9-8-2-1-7(10)5-6(8)3-4-11;/h1-2,5H,3-4,11H2;1H. The molecule has 0 aliphatic heterocycles. The molecule has 1 nitrogen and oxygen atoms in total. The Kier molecular flexibility index (Phi) is 5.78. The first-order chi connectivity index (χ1) is 5.24. The summed E-state index contributed by atoms with van der Waals surface area (Å²) < 4.78 is 13.9. The molecule has 4 heteroatoms. The molecule has 1 aromatic carbocycles. The minimum Gasteiger partial charge on any atom is -0.330 e. The molecule has 12 heavy (non-hydrogen) atoms. The van der Waals surface area contributed by atoms with Gasteiger partial charge in [0.15, 0.2) is 0 Å². The molecule has 0 aliphatic carbocycles. The van der Waals surface area contributed by atoms with Crippen molar-refractivity contribution in [3.05, 3.63) is 33.1 Å². The van der Waals surface area contributed by atoms with Gasteiger partial charge in [-0.3, -0.25) is 0 Å². The van der Waals surface area contributed by atoms with Crippen LogP contribution in [-0.2, 0) is 6.42 Å². The van der Waals surface area contributed by atoms with E-state index in [1.165, 1.54) is 6.07 Å². The fourth-order valence-corrected chi connectivity index (χ4v) is 1.45. The number of hydrogen-bond donors (Lipinski definition) is 1. The fourth-order valence-electron chi connectivity index (χ4n) is 0.890. The van der Waals surface area contributed by atoms with Gasteiger partial charge in [-0.15, -0.1) is 12.4 Å². The van der Waals surface area contributed by atoms with Gasteiger partial charge in [0.25, 0.3) is 0 Å². The summed E-state index contributed by atoms with van der Waals surface area (Å²) in [6, 6.07) is 5.05. The van der Waals surface area contributed by atoms with E-state index in [0.29, 0.717) is 18.5 Å². The van der Waals surface area contributed by atoms with E-state index in [-0.39, 0.29) is 18.2 Å². The van der Waals surface area contributed by atoms with Crippen molar-refractivity contribution in [2.24, 2.45) is 5.73 Å². The van der Waals surface area contributed by atoms with Crippen LogP contribution in [0.2, 0.25) is 0 Å². The summed E-state index contributed by atoms with van der Waals surface area (Å²) in [6.07, 6.45) is 0.614. The smallest absolute Gasteiger partial charge is 0.126 e. The van der Waals surface area contributed by atoms with Crippen molar-refractivity contribution in [3.63, 3.8) is 0 Å². The predicted octanol–water partition coefficient (Wildman–Crippen LogP) is 2.35. The summed E-state index contributed by atoms with van der Waals surface area (Å²) >= 11 is 2.15. The van der Waals surface area contributed by atoms with Crippen LogP contribution in [0.15, 0.2) is 18.2 Å². The van der Waals surface area contributed by atoms with E-state index in [1.807, 2.05) is 6.07 Å². The van der Waals surface area contributed by atoms with Gasteiger partial charge in [0.1, 0.15) is 5.82 Å². The topological polar surface area (TPSA) is 26.0 Å². The molecule has 1 aromatic rings. The minimum atomic E-state index is -0.157. The Morgan fingerprint density at radius 3 is 2.67 bits per heavy atom. The van der Waals surface area contributed by atoms with Crippen LogP contribution in [-0.4, -0.2) is 6.54 Å². The highest BCUT2D eigenvalue weighted by molar-refractivity contribution is 14.1. The van der Waals surface area contributed by atoms with Crippen molar-refractivity contribution in [3.8, 4) is 0 Å². The van der Waals surface area contributed by atoms with Crippen molar-refractivity contribution in [1.29, 1.82) is 0 Å². The molecule has 0 aromatic heterocycles. The first-order valence-corrected chi connectivity index (χ1v) is 4.46. The third-order valence-electron chi connectivity index (χ3n) is 1.42. The van der Waals surface area contributed by atoms with Gasteiger partial charge < -0.3 is 5.73 Å². The second-order valence-corrected chi connectivity index (χ2v) is 3.52. The molecule has 0 bridgehead atoms. The quantitative estimate of drug-likeness (QED) is 0.834. The zero-order valence-corrected chi connectivity index (χ0v) is 9.36. The molecule has 0 spiro atoms. The fraction of sp³-hybridized carbons (Fsp3) is 0.250. The molecule has 0 heterocycles. The van der Waals surface area contributed by atoms with Gasteiger partial charge in [-0.2, -0.15) is 0 Å². The number of benzene rings is 1. The summed E-state index contributed by atoms with van der Waals surface area (Å²) in [6.45, 7) is 0.497. The Morgan fingerprint density at radius 2 is 2.08 bits per heavy atom. The maximum Gasteiger partial charge on any atom is 0.126 e. The molecular weight excluding hydrogens is 291 g/mol. The van der Waals surface area contributed by atoms with Crippen LogP contribution in [0, 0.1) is 9.39 Å². The molecule has 0 aliphatic rings. The highest BCUT2D eigenvalue weighted by Crippen LogP contribution is 2.12. The lowest BCUT2D eigenvalue weighted by atomic mass is 10.1. The largest absolute Gasteiger partial charge is 0.330 e. The third kappa shape index (κ3) is 3.25. The Hall–Kier alpha value is 0.130. The lowest BCUT2D eigenvalue weighted by Gasteiger charge is -2.00. The average Bonchev–Trinajstić information content (AvgIpc) is 1.98. The maximum atomic E-state index is 12.9. The van der Waals surface area contributed by atoms with E-state index in [0.717, 1.165) is 3.57 Å². The van der Waals surface area contributed by atoms with Gasteiger partial charge in [-0.25, -0.2) is 4.39 Å². The van der Waals surface area contributed by atoms with E-state index in [1.54, 1.807) is 6.07 Å².